The van der Waals surface area contributed by atoms with Crippen molar-refractivity contribution < 1.29 is 27.5 Å². The van der Waals surface area contributed by atoms with Gasteiger partial charge in [-0.3, -0.25) is 9.80 Å². The molecule has 37 heavy (non-hydrogen) atoms. The Hall–Kier alpha value is -2.69. The Morgan fingerprint density at radius 2 is 1.59 bits per heavy atom. The van der Waals surface area contributed by atoms with Crippen LogP contribution in [0.5, 0.6) is 0 Å². The third-order valence-electron chi connectivity index (χ3n) is 6.46. The van der Waals surface area contributed by atoms with E-state index in [0.717, 1.165) is 23.3 Å². The van der Waals surface area contributed by atoms with Gasteiger partial charge in [0.15, 0.2) is 0 Å². The van der Waals surface area contributed by atoms with E-state index in [0.29, 0.717) is 63.7 Å². The van der Waals surface area contributed by atoms with Crippen LogP contribution in [-0.2, 0) is 24.0 Å². The van der Waals surface area contributed by atoms with Crippen LogP contribution in [0.25, 0.3) is 0 Å². The monoisotopic (exact) mass is 560 g/mol. The van der Waals surface area contributed by atoms with Crippen molar-refractivity contribution >= 4 is 41.8 Å². The summed E-state index contributed by atoms with van der Waals surface area (Å²) in [6, 6.07) is 12.1. The second-order valence-corrected chi connectivity index (χ2v) is 9.52. The van der Waals surface area contributed by atoms with Gasteiger partial charge in [-0.25, -0.2) is 9.59 Å². The largest absolute Gasteiger partial charge is 0.441 e. The van der Waals surface area contributed by atoms with Crippen LogP contribution in [0.2, 0.25) is 0 Å². The van der Waals surface area contributed by atoms with Crippen LogP contribution < -0.4 is 10.6 Å². The Balaban J connectivity index is 0.00000380. The Bertz CT molecular complexity index is 1060. The topological polar surface area (TPSA) is 73.9 Å². The maximum absolute atomic E-state index is 12.8. The number of piperidine rings is 1. The van der Waals surface area contributed by atoms with E-state index in [1.165, 1.54) is 12.1 Å². The van der Waals surface area contributed by atoms with Gasteiger partial charge in [-0.2, -0.15) is 13.2 Å². The first-order chi connectivity index (χ1) is 17.2. The summed E-state index contributed by atoms with van der Waals surface area (Å²) >= 11 is 5.55. The zero-order chi connectivity index (χ0) is 25.8. The summed E-state index contributed by atoms with van der Waals surface area (Å²) in [5.74, 6) is 0.330. The van der Waals surface area contributed by atoms with Crippen LogP contribution >= 0.6 is 24.0 Å². The molecule has 1 spiro atoms. The summed E-state index contributed by atoms with van der Waals surface area (Å²) in [4.78, 5) is 28.2. The number of carbonyl (C=O) groups is 2. The number of amides is 3. The van der Waals surface area contributed by atoms with Gasteiger partial charge in [-0.05, 0) is 35.4 Å². The molecule has 202 valence electrons. The van der Waals surface area contributed by atoms with E-state index in [-0.39, 0.29) is 24.5 Å². The Labute approximate surface area is 224 Å². The first-order valence-electron chi connectivity index (χ1n) is 11.7. The number of likely N-dealkylation sites (tertiary alicyclic amines) is 1. The van der Waals surface area contributed by atoms with Crippen molar-refractivity contribution in [1.29, 1.82) is 0 Å². The molecule has 7 nitrogen and oxygen atoms in total. The molecule has 0 radical (unpaired) electrons. The minimum atomic E-state index is -4.34. The Kier molecular flexibility index (Phi) is 9.55. The highest BCUT2D eigenvalue weighted by Gasteiger charge is 2.46. The number of rotatable bonds is 7. The summed E-state index contributed by atoms with van der Waals surface area (Å²) < 4.78 is 44.1. The summed E-state index contributed by atoms with van der Waals surface area (Å²) in [5, 5.41) is 5.34. The van der Waals surface area contributed by atoms with Gasteiger partial charge in [0.25, 0.3) is 0 Å². The lowest BCUT2D eigenvalue weighted by Crippen LogP contribution is -2.46. The Morgan fingerprint density at radius 3 is 2.19 bits per heavy atom. The van der Waals surface area contributed by atoms with Crippen LogP contribution in [0, 0.1) is 0 Å². The van der Waals surface area contributed by atoms with Gasteiger partial charge in [0.05, 0.1) is 12.1 Å². The molecule has 0 saturated carbocycles. The van der Waals surface area contributed by atoms with E-state index >= 15 is 0 Å². The molecule has 2 heterocycles. The number of alkyl halides is 4. The number of nitrogens with zero attached hydrogens (tertiary/aromatic N) is 2. The average molecular weight is 561 g/mol. The fourth-order valence-electron chi connectivity index (χ4n) is 4.50. The number of hydrogen-bond acceptors (Lipinski definition) is 4. The standard InChI is InChI=1S/C25H28ClF3N4O3.ClH/c26-11-12-30-22(34)31-21-7-3-19(4-8-21)16-33-17-24(36-23(33)35)9-13-32(14-10-24)15-18-1-5-20(6-2-18)25(27,28)29;/h1-8H,9-17H2,(H2,30,31,34);1H. The highest BCUT2D eigenvalue weighted by atomic mass is 35.5. The molecule has 2 fully saturated rings. The van der Waals surface area contributed by atoms with Crippen molar-refractivity contribution in [2.24, 2.45) is 0 Å². The number of nitrogens with one attached hydrogen (secondary N) is 2. The van der Waals surface area contributed by atoms with Gasteiger partial charge < -0.3 is 15.4 Å². The number of anilines is 1. The minimum Gasteiger partial charge on any atom is -0.441 e. The molecular weight excluding hydrogens is 532 g/mol. The number of ether oxygens (including phenoxy) is 1. The first-order valence-corrected chi connectivity index (χ1v) is 12.3. The molecular formula is C25H29Cl2F3N4O3. The van der Waals surface area contributed by atoms with Gasteiger partial charge in [0.1, 0.15) is 5.60 Å². The van der Waals surface area contributed by atoms with Crippen molar-refractivity contribution in [3.8, 4) is 0 Å². The van der Waals surface area contributed by atoms with Gasteiger partial charge in [-0.1, -0.05) is 24.3 Å². The minimum absolute atomic E-state index is 0. The summed E-state index contributed by atoms with van der Waals surface area (Å²) in [7, 11) is 0. The van der Waals surface area contributed by atoms with Gasteiger partial charge in [0, 0.05) is 57.1 Å². The molecule has 4 rings (SSSR count). The molecule has 2 aromatic carbocycles. The quantitative estimate of drug-likeness (QED) is 0.440. The lowest BCUT2D eigenvalue weighted by molar-refractivity contribution is -0.137. The predicted molar refractivity (Wildman–Crippen MR) is 137 cm³/mol. The van der Waals surface area contributed by atoms with Crippen LogP contribution in [-0.4, -0.2) is 59.6 Å². The average Bonchev–Trinajstić information content (AvgIpc) is 3.14. The maximum Gasteiger partial charge on any atom is 0.416 e. The molecule has 0 unspecified atom stereocenters. The summed E-state index contributed by atoms with van der Waals surface area (Å²) in [6.07, 6.45) is -3.37. The first kappa shape index (κ1) is 28.9. The number of urea groups is 1. The number of hydrogen-bond donors (Lipinski definition) is 2. The number of benzene rings is 2. The van der Waals surface area contributed by atoms with Crippen LogP contribution in [0.15, 0.2) is 48.5 Å². The predicted octanol–water partition coefficient (Wildman–Crippen LogP) is 5.47. The molecule has 0 atom stereocenters. The summed E-state index contributed by atoms with van der Waals surface area (Å²) in [6.45, 7) is 3.19. The number of carbonyl (C=O) groups excluding carboxylic acids is 2. The fourth-order valence-corrected chi connectivity index (χ4v) is 4.60. The molecule has 0 aliphatic carbocycles. The van der Waals surface area contributed by atoms with E-state index in [1.807, 2.05) is 12.1 Å². The third-order valence-corrected chi connectivity index (χ3v) is 6.65. The van der Waals surface area contributed by atoms with E-state index in [9.17, 15) is 22.8 Å². The molecule has 2 aliphatic rings. The second kappa shape index (κ2) is 12.2. The van der Waals surface area contributed by atoms with E-state index in [1.54, 1.807) is 17.0 Å². The maximum atomic E-state index is 12.8. The molecule has 3 amide bonds. The van der Waals surface area contributed by atoms with Crippen LogP contribution in [0.3, 0.4) is 0 Å². The van der Waals surface area contributed by atoms with Crippen LogP contribution in [0.4, 0.5) is 28.4 Å². The van der Waals surface area contributed by atoms with Crippen molar-refractivity contribution in [3.63, 3.8) is 0 Å². The lowest BCUT2D eigenvalue weighted by Gasteiger charge is -2.37. The molecule has 2 aliphatic heterocycles. The van der Waals surface area contributed by atoms with E-state index in [4.69, 9.17) is 16.3 Å². The van der Waals surface area contributed by atoms with Crippen molar-refractivity contribution in [3.05, 3.63) is 65.2 Å². The highest BCUT2D eigenvalue weighted by molar-refractivity contribution is 6.18. The third kappa shape index (κ3) is 7.66. The van der Waals surface area contributed by atoms with Crippen molar-refractivity contribution in [2.75, 3.05) is 37.4 Å². The van der Waals surface area contributed by atoms with Crippen molar-refractivity contribution in [1.82, 2.24) is 15.1 Å². The SMILES string of the molecule is Cl.O=C(NCCCl)Nc1ccc(CN2CC3(CCN(Cc4ccc(C(F)(F)F)cc4)CC3)OC2=O)cc1. The lowest BCUT2D eigenvalue weighted by atomic mass is 9.91. The van der Waals surface area contributed by atoms with Gasteiger partial charge in [0.2, 0.25) is 0 Å². The van der Waals surface area contributed by atoms with Gasteiger partial charge in [-0.15, -0.1) is 24.0 Å². The molecule has 0 bridgehead atoms. The molecule has 2 aromatic rings. The normalized spacial score (nSPS) is 17.3. The van der Waals surface area contributed by atoms with Crippen molar-refractivity contribution in [2.45, 2.75) is 37.7 Å². The van der Waals surface area contributed by atoms with E-state index in [2.05, 4.69) is 15.5 Å². The smallest absolute Gasteiger partial charge is 0.416 e. The molecule has 2 N–H and O–H groups in total. The second-order valence-electron chi connectivity index (χ2n) is 9.14. The molecule has 0 aromatic heterocycles. The van der Waals surface area contributed by atoms with Crippen LogP contribution in [0.1, 0.15) is 29.5 Å². The van der Waals surface area contributed by atoms with Gasteiger partial charge >= 0.3 is 18.3 Å². The number of halogens is 5. The summed E-state index contributed by atoms with van der Waals surface area (Å²) in [5.41, 5.74) is 1.16. The van der Waals surface area contributed by atoms with E-state index < -0.39 is 17.3 Å². The molecule has 2 saturated heterocycles. The zero-order valence-electron chi connectivity index (χ0n) is 20.0. The Morgan fingerprint density at radius 1 is 1.00 bits per heavy atom. The molecule has 12 heteroatoms. The highest BCUT2D eigenvalue weighted by Crippen LogP contribution is 2.35. The zero-order valence-corrected chi connectivity index (χ0v) is 21.6. The fraction of sp³-hybridized carbons (Fsp3) is 0.440.